The molecule has 1 fully saturated rings. The first-order valence-corrected chi connectivity index (χ1v) is 10.7. The molecule has 2 atom stereocenters. The van der Waals surface area contributed by atoms with Crippen LogP contribution < -0.4 is 10.9 Å². The van der Waals surface area contributed by atoms with Crippen LogP contribution in [0.1, 0.15) is 45.8 Å². The van der Waals surface area contributed by atoms with Gasteiger partial charge in [-0.3, -0.25) is 14.5 Å². The summed E-state index contributed by atoms with van der Waals surface area (Å²) < 4.78 is 13.4. The number of hydrogen-bond donors (Lipinski definition) is 2. The first-order valence-electron chi connectivity index (χ1n) is 10.7. The van der Waals surface area contributed by atoms with Crippen molar-refractivity contribution >= 4 is 5.91 Å². The van der Waals surface area contributed by atoms with Crippen molar-refractivity contribution in [1.29, 1.82) is 0 Å². The molecule has 2 unspecified atom stereocenters. The molecule has 8 heteroatoms. The van der Waals surface area contributed by atoms with Gasteiger partial charge >= 0.3 is 0 Å². The average Bonchev–Trinajstić information content (AvgIpc) is 3.14. The topological polar surface area (TPSA) is 91.0 Å². The van der Waals surface area contributed by atoms with Crippen LogP contribution in [0.3, 0.4) is 0 Å². The summed E-state index contributed by atoms with van der Waals surface area (Å²) in [5.74, 6) is 0.0137. The molecule has 3 aromatic rings. The number of carbonyl (C=O) groups excluding carboxylic acids is 1. The minimum absolute atomic E-state index is 0.0810. The number of aromatic nitrogens is 3. The van der Waals surface area contributed by atoms with E-state index < -0.39 is 11.7 Å². The zero-order chi connectivity index (χ0) is 22.7. The van der Waals surface area contributed by atoms with Gasteiger partial charge in [0.2, 0.25) is 0 Å². The highest BCUT2D eigenvalue weighted by atomic mass is 19.1. The third-order valence-electron chi connectivity index (χ3n) is 5.93. The zero-order valence-electron chi connectivity index (χ0n) is 18.1. The number of aromatic amines is 1. The van der Waals surface area contributed by atoms with E-state index >= 15 is 0 Å². The van der Waals surface area contributed by atoms with E-state index in [-0.39, 0.29) is 29.3 Å². The van der Waals surface area contributed by atoms with Gasteiger partial charge in [0.25, 0.3) is 11.5 Å². The third kappa shape index (κ3) is 4.91. The average molecular weight is 436 g/mol. The number of H-pyrrole nitrogens is 1. The van der Waals surface area contributed by atoms with Crippen LogP contribution in [-0.2, 0) is 13.1 Å². The molecule has 7 nitrogen and oxygen atoms in total. The third-order valence-corrected chi connectivity index (χ3v) is 5.93. The van der Waals surface area contributed by atoms with E-state index in [1.807, 2.05) is 18.2 Å². The first kappa shape index (κ1) is 21.8. The Morgan fingerprint density at radius 3 is 2.72 bits per heavy atom. The minimum Gasteiger partial charge on any atom is -0.346 e. The van der Waals surface area contributed by atoms with Gasteiger partial charge in [0.05, 0.1) is 6.54 Å². The standard InChI is InChI=1S/C24H26FN5O2/c1-15-8-9-18(25)10-19(15)23(31)26-11-21-24(32)27-22(29-28-21)20-14-30(12-16(20)2)13-17-6-4-3-5-7-17/h3-10,16,20H,11-14H2,1-2H3,(H,26,31)(H,27,29,32). The number of nitrogens with one attached hydrogen (secondary N) is 2. The van der Waals surface area contributed by atoms with E-state index in [1.165, 1.54) is 23.8 Å². The van der Waals surface area contributed by atoms with Gasteiger partial charge in [-0.1, -0.05) is 43.3 Å². The van der Waals surface area contributed by atoms with Gasteiger partial charge < -0.3 is 10.3 Å². The summed E-state index contributed by atoms with van der Waals surface area (Å²) in [7, 11) is 0. The number of nitrogens with zero attached hydrogens (tertiary/aromatic N) is 3. The van der Waals surface area contributed by atoms with Gasteiger partial charge in [0, 0.05) is 31.1 Å². The van der Waals surface area contributed by atoms with Crippen molar-refractivity contribution in [1.82, 2.24) is 25.4 Å². The molecule has 1 aromatic heterocycles. The summed E-state index contributed by atoms with van der Waals surface area (Å²) in [6.45, 7) is 6.33. The maximum absolute atomic E-state index is 13.4. The number of aryl methyl sites for hydroxylation is 1. The number of likely N-dealkylation sites (tertiary alicyclic amines) is 1. The van der Waals surface area contributed by atoms with Crippen LogP contribution in [0.5, 0.6) is 0 Å². The smallest absolute Gasteiger partial charge is 0.274 e. The molecule has 2 aromatic carbocycles. The SMILES string of the molecule is Cc1ccc(F)cc1C(=O)NCc1nnc(C2CN(Cc3ccccc3)CC2C)[nH]c1=O. The maximum Gasteiger partial charge on any atom is 0.274 e. The first-order chi connectivity index (χ1) is 15.4. The molecule has 1 amide bonds. The molecular formula is C24H26FN5O2. The summed E-state index contributed by atoms with van der Waals surface area (Å²) in [6.07, 6.45) is 0. The number of carbonyl (C=O) groups is 1. The quantitative estimate of drug-likeness (QED) is 0.621. The minimum atomic E-state index is -0.491. The lowest BCUT2D eigenvalue weighted by atomic mass is 9.97. The maximum atomic E-state index is 13.4. The Bertz CT molecular complexity index is 1160. The van der Waals surface area contributed by atoms with Gasteiger partial charge in [0.15, 0.2) is 0 Å². The molecule has 0 spiro atoms. The number of halogens is 1. The van der Waals surface area contributed by atoms with Crippen LogP contribution in [0.4, 0.5) is 4.39 Å². The fraction of sp³-hybridized carbons (Fsp3) is 0.333. The van der Waals surface area contributed by atoms with Crippen molar-refractivity contribution in [2.24, 2.45) is 5.92 Å². The highest BCUT2D eigenvalue weighted by molar-refractivity contribution is 5.95. The predicted octanol–water partition coefficient (Wildman–Crippen LogP) is 2.78. The van der Waals surface area contributed by atoms with Crippen LogP contribution in [0, 0.1) is 18.7 Å². The van der Waals surface area contributed by atoms with E-state index in [0.717, 1.165) is 19.6 Å². The Labute approximate surface area is 185 Å². The number of amides is 1. The Balaban J connectivity index is 1.40. The van der Waals surface area contributed by atoms with Gasteiger partial charge in [-0.2, -0.15) is 0 Å². The molecule has 4 rings (SSSR count). The Morgan fingerprint density at radius 1 is 1.19 bits per heavy atom. The van der Waals surface area contributed by atoms with Crippen molar-refractivity contribution in [3.05, 3.63) is 92.9 Å². The van der Waals surface area contributed by atoms with Gasteiger partial charge in [0.1, 0.15) is 17.3 Å². The van der Waals surface area contributed by atoms with Crippen molar-refractivity contribution in [3.63, 3.8) is 0 Å². The van der Waals surface area contributed by atoms with Gasteiger partial charge in [-0.05, 0) is 36.1 Å². The van der Waals surface area contributed by atoms with E-state index in [1.54, 1.807) is 6.92 Å². The van der Waals surface area contributed by atoms with E-state index in [4.69, 9.17) is 0 Å². The number of benzene rings is 2. The lowest BCUT2D eigenvalue weighted by molar-refractivity contribution is 0.0949. The molecule has 2 N–H and O–H groups in total. The number of rotatable bonds is 6. The summed E-state index contributed by atoms with van der Waals surface area (Å²) >= 11 is 0. The summed E-state index contributed by atoms with van der Waals surface area (Å²) in [6, 6.07) is 14.3. The highest BCUT2D eigenvalue weighted by Crippen LogP contribution is 2.30. The van der Waals surface area contributed by atoms with Crippen molar-refractivity contribution in [2.75, 3.05) is 13.1 Å². The van der Waals surface area contributed by atoms with Crippen molar-refractivity contribution < 1.29 is 9.18 Å². The molecule has 0 radical (unpaired) electrons. The predicted molar refractivity (Wildman–Crippen MR) is 119 cm³/mol. The largest absolute Gasteiger partial charge is 0.346 e. The second-order valence-corrected chi connectivity index (χ2v) is 8.39. The fourth-order valence-electron chi connectivity index (χ4n) is 4.15. The van der Waals surface area contributed by atoms with Crippen LogP contribution in [0.15, 0.2) is 53.3 Å². The van der Waals surface area contributed by atoms with E-state index in [9.17, 15) is 14.0 Å². The molecular weight excluding hydrogens is 409 g/mol. The second kappa shape index (κ2) is 9.40. The Hall–Kier alpha value is -3.39. The Kier molecular flexibility index (Phi) is 6.41. The lowest BCUT2D eigenvalue weighted by Gasteiger charge is -2.15. The lowest BCUT2D eigenvalue weighted by Crippen LogP contribution is -2.30. The molecule has 0 bridgehead atoms. The molecule has 1 aliphatic heterocycles. The van der Waals surface area contributed by atoms with Crippen molar-refractivity contribution in [2.45, 2.75) is 32.9 Å². The Morgan fingerprint density at radius 2 is 1.97 bits per heavy atom. The monoisotopic (exact) mass is 435 g/mol. The summed E-state index contributed by atoms with van der Waals surface area (Å²) in [5.41, 5.74) is 1.86. The molecule has 1 aliphatic rings. The van der Waals surface area contributed by atoms with Crippen LogP contribution in [-0.4, -0.2) is 39.1 Å². The summed E-state index contributed by atoms with van der Waals surface area (Å²) in [4.78, 5) is 30.1. The molecule has 1 saturated heterocycles. The van der Waals surface area contributed by atoms with Gasteiger partial charge in [-0.25, -0.2) is 4.39 Å². The van der Waals surface area contributed by atoms with Crippen LogP contribution in [0.25, 0.3) is 0 Å². The normalized spacial score (nSPS) is 18.6. The van der Waals surface area contributed by atoms with Crippen LogP contribution >= 0.6 is 0 Å². The summed E-state index contributed by atoms with van der Waals surface area (Å²) in [5, 5.41) is 10.9. The van der Waals surface area contributed by atoms with Gasteiger partial charge in [-0.15, -0.1) is 10.2 Å². The molecule has 0 saturated carbocycles. The van der Waals surface area contributed by atoms with Crippen LogP contribution in [0.2, 0.25) is 0 Å². The molecule has 166 valence electrons. The second-order valence-electron chi connectivity index (χ2n) is 8.39. The molecule has 2 heterocycles. The van der Waals surface area contributed by atoms with Crippen molar-refractivity contribution in [3.8, 4) is 0 Å². The molecule has 32 heavy (non-hydrogen) atoms. The highest BCUT2D eigenvalue weighted by Gasteiger charge is 2.32. The number of hydrogen-bond acceptors (Lipinski definition) is 5. The fourth-order valence-corrected chi connectivity index (χ4v) is 4.15. The van der Waals surface area contributed by atoms with E-state index in [2.05, 4.69) is 44.5 Å². The van der Waals surface area contributed by atoms with E-state index in [0.29, 0.717) is 17.3 Å². The zero-order valence-corrected chi connectivity index (χ0v) is 18.1. The molecule has 0 aliphatic carbocycles.